The van der Waals surface area contributed by atoms with Gasteiger partial charge in [0, 0.05) is 11.6 Å². The van der Waals surface area contributed by atoms with Crippen LogP contribution in [0.4, 0.5) is 0 Å². The molecular formula is C15H30N2. The second-order valence-corrected chi connectivity index (χ2v) is 5.56. The Morgan fingerprint density at radius 2 is 1.88 bits per heavy atom. The van der Waals surface area contributed by atoms with Crippen molar-refractivity contribution in [3.63, 3.8) is 0 Å². The maximum atomic E-state index is 6.61. The fourth-order valence-electron chi connectivity index (χ4n) is 3.27. The average Bonchev–Trinajstić information content (AvgIpc) is 2.59. The molecule has 0 fully saturated rings. The van der Waals surface area contributed by atoms with Gasteiger partial charge in [0.2, 0.25) is 0 Å². The SMILES string of the molecule is CCC(CC)(C(N)C1=CCCCCC1)N(C)C. The maximum absolute atomic E-state index is 6.61. The summed E-state index contributed by atoms with van der Waals surface area (Å²) >= 11 is 0. The van der Waals surface area contributed by atoms with E-state index in [-0.39, 0.29) is 11.6 Å². The van der Waals surface area contributed by atoms with E-state index >= 15 is 0 Å². The van der Waals surface area contributed by atoms with Gasteiger partial charge in [-0.05, 0) is 52.6 Å². The number of rotatable bonds is 5. The predicted molar refractivity (Wildman–Crippen MR) is 76.1 cm³/mol. The van der Waals surface area contributed by atoms with Gasteiger partial charge in [-0.25, -0.2) is 0 Å². The minimum Gasteiger partial charge on any atom is -0.323 e. The van der Waals surface area contributed by atoms with Crippen LogP contribution in [0.25, 0.3) is 0 Å². The summed E-state index contributed by atoms with van der Waals surface area (Å²) in [6.45, 7) is 4.53. The van der Waals surface area contributed by atoms with Crippen LogP contribution in [0.2, 0.25) is 0 Å². The molecule has 2 heteroatoms. The molecule has 0 amide bonds. The second-order valence-electron chi connectivity index (χ2n) is 5.56. The Bertz CT molecular complexity index is 252. The predicted octanol–water partition coefficient (Wildman–Crippen LogP) is 3.32. The van der Waals surface area contributed by atoms with Crippen LogP contribution in [-0.4, -0.2) is 30.6 Å². The largest absolute Gasteiger partial charge is 0.323 e. The molecule has 0 radical (unpaired) electrons. The van der Waals surface area contributed by atoms with Crippen LogP contribution in [0.5, 0.6) is 0 Å². The molecule has 0 aromatic rings. The highest BCUT2D eigenvalue weighted by molar-refractivity contribution is 5.19. The van der Waals surface area contributed by atoms with Crippen LogP contribution in [0.1, 0.15) is 58.8 Å². The number of hydrogen-bond donors (Lipinski definition) is 1. The molecule has 2 nitrogen and oxygen atoms in total. The fraction of sp³-hybridized carbons (Fsp3) is 0.867. The zero-order valence-electron chi connectivity index (χ0n) is 12.1. The van der Waals surface area contributed by atoms with Gasteiger partial charge >= 0.3 is 0 Å². The summed E-state index contributed by atoms with van der Waals surface area (Å²) in [4.78, 5) is 2.34. The molecule has 17 heavy (non-hydrogen) atoms. The van der Waals surface area contributed by atoms with E-state index in [9.17, 15) is 0 Å². The van der Waals surface area contributed by atoms with E-state index in [1.54, 1.807) is 0 Å². The summed E-state index contributed by atoms with van der Waals surface area (Å²) in [5.74, 6) is 0. The maximum Gasteiger partial charge on any atom is 0.0440 e. The monoisotopic (exact) mass is 238 g/mol. The van der Waals surface area contributed by atoms with E-state index in [4.69, 9.17) is 5.73 Å². The van der Waals surface area contributed by atoms with Gasteiger partial charge in [0.05, 0.1) is 0 Å². The highest BCUT2D eigenvalue weighted by atomic mass is 15.2. The summed E-state index contributed by atoms with van der Waals surface area (Å²) in [5, 5.41) is 0. The number of nitrogens with two attached hydrogens (primary N) is 1. The van der Waals surface area contributed by atoms with Gasteiger partial charge in [0.15, 0.2) is 0 Å². The number of allylic oxidation sites excluding steroid dienone is 1. The van der Waals surface area contributed by atoms with E-state index < -0.39 is 0 Å². The summed E-state index contributed by atoms with van der Waals surface area (Å²) < 4.78 is 0. The third-order valence-corrected chi connectivity index (χ3v) is 4.67. The van der Waals surface area contributed by atoms with Crippen LogP contribution in [0.3, 0.4) is 0 Å². The Balaban J connectivity index is 2.90. The van der Waals surface area contributed by atoms with Gasteiger partial charge in [-0.15, -0.1) is 0 Å². The van der Waals surface area contributed by atoms with Gasteiger partial charge in [0.25, 0.3) is 0 Å². The lowest BCUT2D eigenvalue weighted by molar-refractivity contribution is 0.117. The van der Waals surface area contributed by atoms with E-state index in [1.807, 2.05) is 0 Å². The Morgan fingerprint density at radius 3 is 2.41 bits per heavy atom. The summed E-state index contributed by atoms with van der Waals surface area (Å²) in [6.07, 6.45) is 11.1. The Kier molecular flexibility index (Phi) is 5.68. The highest BCUT2D eigenvalue weighted by Gasteiger charge is 2.37. The molecule has 1 atom stereocenters. The first-order valence-electron chi connectivity index (χ1n) is 7.20. The minimum atomic E-state index is 0.135. The molecule has 2 N–H and O–H groups in total. The van der Waals surface area contributed by atoms with Gasteiger partial charge in [-0.2, -0.15) is 0 Å². The molecule has 0 aromatic heterocycles. The van der Waals surface area contributed by atoms with Crippen LogP contribution < -0.4 is 5.73 Å². The van der Waals surface area contributed by atoms with Crippen molar-refractivity contribution in [1.82, 2.24) is 4.90 Å². The summed E-state index contributed by atoms with van der Waals surface area (Å²) in [5.41, 5.74) is 8.24. The lowest BCUT2D eigenvalue weighted by atomic mass is 9.79. The van der Waals surface area contributed by atoms with E-state index in [2.05, 4.69) is 38.9 Å². The standard InChI is InChI=1S/C15H30N2/c1-5-15(6-2,17(3)4)14(16)13-11-9-7-8-10-12-13/h11,14H,5-10,12,16H2,1-4H3. The molecule has 0 heterocycles. The van der Waals surface area contributed by atoms with Crippen molar-refractivity contribution in [2.24, 2.45) is 5.73 Å². The van der Waals surface area contributed by atoms with E-state index in [0.717, 1.165) is 12.8 Å². The lowest BCUT2D eigenvalue weighted by Gasteiger charge is -2.44. The van der Waals surface area contributed by atoms with Crippen LogP contribution in [0.15, 0.2) is 11.6 Å². The first-order valence-corrected chi connectivity index (χ1v) is 7.20. The molecule has 0 saturated heterocycles. The normalized spacial score (nSPS) is 20.0. The van der Waals surface area contributed by atoms with E-state index in [0.29, 0.717) is 0 Å². The zero-order valence-corrected chi connectivity index (χ0v) is 12.1. The van der Waals surface area contributed by atoms with Crippen molar-refractivity contribution in [2.45, 2.75) is 70.4 Å². The number of likely N-dealkylation sites (N-methyl/N-ethyl adjacent to an activating group) is 1. The molecule has 0 aliphatic heterocycles. The Labute approximate surface area is 107 Å². The smallest absolute Gasteiger partial charge is 0.0440 e. The Morgan fingerprint density at radius 1 is 1.24 bits per heavy atom. The molecule has 0 aromatic carbocycles. The second kappa shape index (κ2) is 6.55. The molecule has 0 bridgehead atoms. The third-order valence-electron chi connectivity index (χ3n) is 4.67. The number of hydrogen-bond acceptors (Lipinski definition) is 2. The fourth-order valence-corrected chi connectivity index (χ4v) is 3.27. The van der Waals surface area contributed by atoms with Gasteiger partial charge in [-0.3, -0.25) is 0 Å². The average molecular weight is 238 g/mol. The van der Waals surface area contributed by atoms with Gasteiger partial charge in [-0.1, -0.05) is 31.9 Å². The molecule has 1 unspecified atom stereocenters. The lowest BCUT2D eigenvalue weighted by Crippen LogP contribution is -2.57. The van der Waals surface area contributed by atoms with Crippen molar-refractivity contribution < 1.29 is 0 Å². The van der Waals surface area contributed by atoms with Crippen LogP contribution >= 0.6 is 0 Å². The Hall–Kier alpha value is -0.340. The van der Waals surface area contributed by atoms with Crippen LogP contribution in [0, 0.1) is 0 Å². The summed E-state index contributed by atoms with van der Waals surface area (Å²) in [7, 11) is 4.34. The first-order chi connectivity index (χ1) is 8.08. The highest BCUT2D eigenvalue weighted by Crippen LogP contribution is 2.31. The molecule has 0 spiro atoms. The third kappa shape index (κ3) is 3.11. The van der Waals surface area contributed by atoms with Gasteiger partial charge < -0.3 is 10.6 Å². The zero-order chi connectivity index (χ0) is 12.9. The minimum absolute atomic E-state index is 0.135. The number of nitrogens with zero attached hydrogens (tertiary/aromatic N) is 1. The first kappa shape index (κ1) is 14.7. The topological polar surface area (TPSA) is 29.3 Å². The summed E-state index contributed by atoms with van der Waals surface area (Å²) in [6, 6.07) is 0.200. The van der Waals surface area contributed by atoms with Crippen molar-refractivity contribution in [1.29, 1.82) is 0 Å². The van der Waals surface area contributed by atoms with Crippen LogP contribution in [-0.2, 0) is 0 Å². The van der Waals surface area contributed by atoms with Crippen molar-refractivity contribution in [2.75, 3.05) is 14.1 Å². The van der Waals surface area contributed by atoms with Crippen molar-refractivity contribution >= 4 is 0 Å². The van der Waals surface area contributed by atoms with Crippen molar-refractivity contribution in [3.05, 3.63) is 11.6 Å². The quantitative estimate of drug-likeness (QED) is 0.744. The molecular weight excluding hydrogens is 208 g/mol. The molecule has 1 aliphatic carbocycles. The van der Waals surface area contributed by atoms with Crippen molar-refractivity contribution in [3.8, 4) is 0 Å². The molecule has 0 saturated carbocycles. The molecule has 1 aliphatic rings. The molecule has 100 valence electrons. The van der Waals surface area contributed by atoms with E-state index in [1.165, 1.54) is 37.7 Å². The molecule has 1 rings (SSSR count). The van der Waals surface area contributed by atoms with Gasteiger partial charge in [0.1, 0.15) is 0 Å².